The minimum Gasteiger partial charge on any atom is -0.497 e. The van der Waals surface area contributed by atoms with Gasteiger partial charge in [-0.05, 0) is 41.3 Å². The average molecular weight is 354 g/mol. The summed E-state index contributed by atoms with van der Waals surface area (Å²) in [5, 5.41) is 0.852. The van der Waals surface area contributed by atoms with Crippen LogP contribution in [0.3, 0.4) is 0 Å². The first-order chi connectivity index (χ1) is 12.5. The number of nitrogens with zero attached hydrogens (tertiary/aromatic N) is 1. The third-order valence-electron chi connectivity index (χ3n) is 4.22. The van der Waals surface area contributed by atoms with Crippen molar-refractivity contribution in [2.45, 2.75) is 20.0 Å². The van der Waals surface area contributed by atoms with Gasteiger partial charge in [0.25, 0.3) is 5.56 Å². The van der Waals surface area contributed by atoms with Crippen LogP contribution in [0.4, 0.5) is 4.39 Å². The third kappa shape index (κ3) is 3.91. The topological polar surface area (TPSA) is 62.4 Å². The minimum absolute atomic E-state index is 0.163. The number of methoxy groups -OCH3 is 1. The van der Waals surface area contributed by atoms with Gasteiger partial charge in [-0.15, -0.1) is 0 Å². The maximum atomic E-state index is 13.0. The number of ether oxygens (including phenoxy) is 1. The predicted molar refractivity (Wildman–Crippen MR) is 97.4 cm³/mol. The second kappa shape index (κ2) is 7.39. The maximum Gasteiger partial charge on any atom is 0.253 e. The molecule has 2 aromatic carbocycles. The number of aromatic amines is 1. The normalized spacial score (nSPS) is 10.7. The van der Waals surface area contributed by atoms with Crippen molar-refractivity contribution >= 4 is 16.8 Å². The molecule has 1 amide bonds. The molecule has 0 saturated carbocycles. The van der Waals surface area contributed by atoms with E-state index >= 15 is 0 Å². The van der Waals surface area contributed by atoms with Gasteiger partial charge in [-0.3, -0.25) is 9.59 Å². The van der Waals surface area contributed by atoms with Gasteiger partial charge in [0.15, 0.2) is 0 Å². The summed E-state index contributed by atoms with van der Waals surface area (Å²) in [6.07, 6.45) is 0. The molecule has 0 atom stereocenters. The standard InChI is InChI=1S/C20H19FN2O3/c1-13(24)23(11-14-3-6-17(21)7-4-14)12-16-9-15-5-8-18(26-2)10-19(15)22-20(16)25/h3-10H,11-12H2,1-2H3,(H,22,25). The van der Waals surface area contributed by atoms with Gasteiger partial charge in [0, 0.05) is 25.1 Å². The predicted octanol–water partition coefficient (Wildman–Crippen LogP) is 3.22. The number of halogens is 1. The average Bonchev–Trinajstić information content (AvgIpc) is 2.62. The summed E-state index contributed by atoms with van der Waals surface area (Å²) in [6, 6.07) is 13.1. The Morgan fingerprint density at radius 3 is 2.50 bits per heavy atom. The van der Waals surface area contributed by atoms with Crippen LogP contribution in [0.5, 0.6) is 5.75 Å². The van der Waals surface area contributed by atoms with Crippen LogP contribution in [-0.2, 0) is 17.9 Å². The first-order valence-corrected chi connectivity index (χ1v) is 8.16. The smallest absolute Gasteiger partial charge is 0.253 e. The van der Waals surface area contributed by atoms with Crippen molar-refractivity contribution in [1.82, 2.24) is 9.88 Å². The molecule has 6 heteroatoms. The fourth-order valence-corrected chi connectivity index (χ4v) is 2.76. The lowest BCUT2D eigenvalue weighted by Gasteiger charge is -2.21. The molecule has 5 nitrogen and oxygen atoms in total. The zero-order valence-electron chi connectivity index (χ0n) is 14.6. The number of rotatable bonds is 5. The number of amides is 1. The van der Waals surface area contributed by atoms with E-state index in [1.807, 2.05) is 12.1 Å². The molecule has 0 radical (unpaired) electrons. The van der Waals surface area contributed by atoms with Crippen molar-refractivity contribution in [3.63, 3.8) is 0 Å². The van der Waals surface area contributed by atoms with Gasteiger partial charge >= 0.3 is 0 Å². The molecule has 0 aliphatic heterocycles. The monoisotopic (exact) mass is 354 g/mol. The molecule has 0 spiro atoms. The van der Waals surface area contributed by atoms with Crippen molar-refractivity contribution in [2.24, 2.45) is 0 Å². The highest BCUT2D eigenvalue weighted by molar-refractivity contribution is 5.80. The summed E-state index contributed by atoms with van der Waals surface area (Å²) in [6.45, 7) is 1.92. The van der Waals surface area contributed by atoms with Crippen LogP contribution >= 0.6 is 0 Å². The molecule has 1 aromatic heterocycles. The number of H-pyrrole nitrogens is 1. The van der Waals surface area contributed by atoms with Crippen molar-refractivity contribution < 1.29 is 13.9 Å². The van der Waals surface area contributed by atoms with E-state index in [-0.39, 0.29) is 23.8 Å². The van der Waals surface area contributed by atoms with E-state index in [1.54, 1.807) is 36.3 Å². The van der Waals surface area contributed by atoms with E-state index in [2.05, 4.69) is 4.98 Å². The summed E-state index contributed by atoms with van der Waals surface area (Å²) >= 11 is 0. The lowest BCUT2D eigenvalue weighted by molar-refractivity contribution is -0.130. The Balaban J connectivity index is 1.88. The molecule has 3 rings (SSSR count). The number of nitrogens with one attached hydrogen (secondary N) is 1. The number of aromatic nitrogens is 1. The third-order valence-corrected chi connectivity index (χ3v) is 4.22. The fourth-order valence-electron chi connectivity index (χ4n) is 2.76. The molecule has 0 unspecified atom stereocenters. The zero-order valence-corrected chi connectivity index (χ0v) is 14.6. The molecule has 0 bridgehead atoms. The van der Waals surface area contributed by atoms with E-state index in [9.17, 15) is 14.0 Å². The molecule has 1 heterocycles. The van der Waals surface area contributed by atoms with E-state index in [1.165, 1.54) is 19.1 Å². The Morgan fingerprint density at radius 2 is 1.85 bits per heavy atom. The molecule has 3 aromatic rings. The minimum atomic E-state index is -0.329. The van der Waals surface area contributed by atoms with E-state index in [4.69, 9.17) is 4.74 Å². The molecule has 0 fully saturated rings. The molecular formula is C20H19FN2O3. The van der Waals surface area contributed by atoms with Gasteiger partial charge in [-0.2, -0.15) is 0 Å². The van der Waals surface area contributed by atoms with Crippen molar-refractivity contribution in [1.29, 1.82) is 0 Å². The van der Waals surface area contributed by atoms with E-state index in [0.29, 0.717) is 23.4 Å². The lowest BCUT2D eigenvalue weighted by atomic mass is 10.1. The number of hydrogen-bond donors (Lipinski definition) is 1. The lowest BCUT2D eigenvalue weighted by Crippen LogP contribution is -2.30. The van der Waals surface area contributed by atoms with Crippen LogP contribution in [-0.4, -0.2) is 22.9 Å². The van der Waals surface area contributed by atoms with Gasteiger partial charge in [0.05, 0.1) is 19.2 Å². The largest absolute Gasteiger partial charge is 0.497 e. The van der Waals surface area contributed by atoms with Gasteiger partial charge in [-0.25, -0.2) is 4.39 Å². The number of pyridine rings is 1. The highest BCUT2D eigenvalue weighted by atomic mass is 19.1. The number of benzene rings is 2. The van der Waals surface area contributed by atoms with Gasteiger partial charge < -0.3 is 14.6 Å². The van der Waals surface area contributed by atoms with Crippen LogP contribution in [0.1, 0.15) is 18.1 Å². The summed E-state index contributed by atoms with van der Waals surface area (Å²) in [5.74, 6) is 0.163. The fraction of sp³-hybridized carbons (Fsp3) is 0.200. The Hall–Kier alpha value is -3.15. The van der Waals surface area contributed by atoms with Crippen molar-refractivity contribution in [2.75, 3.05) is 7.11 Å². The van der Waals surface area contributed by atoms with Gasteiger partial charge in [0.2, 0.25) is 5.91 Å². The molecular weight excluding hydrogens is 335 g/mol. The highest BCUT2D eigenvalue weighted by Crippen LogP contribution is 2.19. The SMILES string of the molecule is COc1ccc2cc(CN(Cc3ccc(F)cc3)C(C)=O)c(=O)[nH]c2c1. The van der Waals surface area contributed by atoms with E-state index < -0.39 is 0 Å². The zero-order chi connectivity index (χ0) is 18.7. The Morgan fingerprint density at radius 1 is 1.12 bits per heavy atom. The summed E-state index contributed by atoms with van der Waals surface area (Å²) in [7, 11) is 1.56. The molecule has 134 valence electrons. The highest BCUT2D eigenvalue weighted by Gasteiger charge is 2.13. The first kappa shape index (κ1) is 17.7. The molecule has 0 aliphatic rings. The second-order valence-corrected chi connectivity index (χ2v) is 6.08. The van der Waals surface area contributed by atoms with Crippen LogP contribution in [0.25, 0.3) is 10.9 Å². The maximum absolute atomic E-state index is 13.0. The number of carbonyl (C=O) groups excluding carboxylic acids is 1. The van der Waals surface area contributed by atoms with Crippen LogP contribution in [0.2, 0.25) is 0 Å². The summed E-state index contributed by atoms with van der Waals surface area (Å²) in [5.41, 5.74) is 1.70. The second-order valence-electron chi connectivity index (χ2n) is 6.08. The van der Waals surface area contributed by atoms with Crippen molar-refractivity contribution in [3.8, 4) is 5.75 Å². The van der Waals surface area contributed by atoms with Crippen molar-refractivity contribution in [3.05, 3.63) is 75.8 Å². The Bertz CT molecular complexity index is 996. The number of carbonyl (C=O) groups is 1. The van der Waals surface area contributed by atoms with Crippen LogP contribution in [0.15, 0.2) is 53.3 Å². The summed E-state index contributed by atoms with van der Waals surface area (Å²) in [4.78, 5) is 28.8. The summed E-state index contributed by atoms with van der Waals surface area (Å²) < 4.78 is 18.2. The molecule has 0 saturated heterocycles. The Kier molecular flexibility index (Phi) is 5.02. The van der Waals surface area contributed by atoms with E-state index in [0.717, 1.165) is 10.9 Å². The molecule has 26 heavy (non-hydrogen) atoms. The molecule has 0 aliphatic carbocycles. The van der Waals surface area contributed by atoms with Gasteiger partial charge in [-0.1, -0.05) is 12.1 Å². The Labute approximate surface area is 150 Å². The van der Waals surface area contributed by atoms with Crippen LogP contribution < -0.4 is 10.3 Å². The molecule has 1 N–H and O–H groups in total. The first-order valence-electron chi connectivity index (χ1n) is 8.16. The van der Waals surface area contributed by atoms with Crippen LogP contribution in [0, 0.1) is 5.82 Å². The van der Waals surface area contributed by atoms with Gasteiger partial charge in [0.1, 0.15) is 11.6 Å². The quantitative estimate of drug-likeness (QED) is 0.765. The number of fused-ring (bicyclic) bond motifs is 1. The number of hydrogen-bond acceptors (Lipinski definition) is 3.